The molecule has 0 amide bonds. The van der Waals surface area contributed by atoms with Crippen LogP contribution in [-0.2, 0) is 0 Å². The first kappa shape index (κ1) is 41.8. The van der Waals surface area contributed by atoms with E-state index in [1.54, 1.807) is 0 Å². The second kappa shape index (κ2) is 13.8. The molecule has 0 saturated heterocycles. The lowest BCUT2D eigenvalue weighted by Gasteiger charge is -2.24. The van der Waals surface area contributed by atoms with Gasteiger partial charge in [0.25, 0.3) is 0 Å². The van der Waals surface area contributed by atoms with Gasteiger partial charge in [0.15, 0.2) is 23.3 Å². The van der Waals surface area contributed by atoms with Gasteiger partial charge in [0.1, 0.15) is 6.07 Å². The molecule has 0 bridgehead atoms. The van der Waals surface area contributed by atoms with Gasteiger partial charge in [-0.2, -0.15) is 5.26 Å². The predicted molar refractivity (Wildman–Crippen MR) is 241 cm³/mol. The van der Waals surface area contributed by atoms with Crippen LogP contribution < -0.4 is 0 Å². The Hall–Kier alpha value is -5.94. The topological polar surface area (TPSA) is 33.6 Å². The van der Waals surface area contributed by atoms with Gasteiger partial charge in [-0.25, -0.2) is 22.0 Å². The Morgan fingerprint density at radius 3 is 0.951 bits per heavy atom. The van der Waals surface area contributed by atoms with Gasteiger partial charge in [0.2, 0.25) is 5.82 Å². The fraction of sp³-hybridized carbons (Fsp3) is 0.302. The molecule has 61 heavy (non-hydrogen) atoms. The number of fused-ring (bicyclic) bond motifs is 6. The number of rotatable bonds is 3. The van der Waals surface area contributed by atoms with Crippen LogP contribution in [0.4, 0.5) is 22.0 Å². The van der Waals surface area contributed by atoms with Crippen molar-refractivity contribution < 1.29 is 22.0 Å². The lowest BCUT2D eigenvalue weighted by Crippen LogP contribution is -2.11. The van der Waals surface area contributed by atoms with E-state index in [2.05, 4.69) is 126 Å². The van der Waals surface area contributed by atoms with Crippen molar-refractivity contribution in [2.75, 3.05) is 0 Å². The number of hydrogen-bond donors (Lipinski definition) is 0. The largest absolute Gasteiger partial charge is 0.306 e. The molecule has 2 aromatic heterocycles. The maximum atomic E-state index is 16.1. The zero-order valence-corrected chi connectivity index (χ0v) is 37.9. The molecule has 8 rings (SSSR count). The van der Waals surface area contributed by atoms with E-state index in [-0.39, 0.29) is 11.1 Å². The summed E-state index contributed by atoms with van der Waals surface area (Å²) in [7, 11) is 0. The van der Waals surface area contributed by atoms with Crippen LogP contribution in [-0.4, -0.2) is 9.13 Å². The quantitative estimate of drug-likeness (QED) is 0.0993. The average Bonchev–Trinajstić information content (AvgIpc) is 3.79. The van der Waals surface area contributed by atoms with Gasteiger partial charge in [-0.05, 0) is 217 Å². The van der Waals surface area contributed by atoms with E-state index in [1.807, 2.05) is 0 Å². The second-order valence-electron chi connectivity index (χ2n) is 17.5. The standard InChI is InChI=1S/C53H50F5N3/c1-20-24(5)32(13)49-39(28(20)9)40-29(10)21(2)25(6)33(14)50(40)60(49)38-18-36(43-44(54)46(56)48(58)47(57)45(43)55)17-37(19-59)53(38)61-51-34(15)26(7)22(3)30(11)41(51)42-31(12)23(4)27(8)35(16)52(42)61/h17-18H,1-16H3. The van der Waals surface area contributed by atoms with Crippen molar-refractivity contribution in [3.8, 4) is 28.6 Å². The Balaban J connectivity index is 1.79. The normalized spacial score (nSPS) is 12.0. The lowest BCUT2D eigenvalue weighted by atomic mass is 9.90. The lowest BCUT2D eigenvalue weighted by molar-refractivity contribution is 0.381. The third-order valence-corrected chi connectivity index (χ3v) is 15.2. The molecule has 2 heterocycles. The minimum atomic E-state index is -2.24. The van der Waals surface area contributed by atoms with Crippen LogP contribution in [0.15, 0.2) is 12.1 Å². The SMILES string of the molecule is Cc1c(C)c(C)c2c(c1C)c1c(C)c(C)c(C)c(C)c1n2-c1cc(-c2c(F)c(F)c(F)c(F)c2F)cc(C#N)c1-n1c2c(C)c(C)c(C)c(C)c2c2c(C)c(C)c(C)c(C)c21. The molecule has 0 aliphatic rings. The van der Waals surface area contributed by atoms with Crippen molar-refractivity contribution in [2.24, 2.45) is 0 Å². The third kappa shape index (κ3) is 5.19. The molecule has 3 nitrogen and oxygen atoms in total. The summed E-state index contributed by atoms with van der Waals surface area (Å²) in [5, 5.41) is 15.5. The van der Waals surface area contributed by atoms with Crippen molar-refractivity contribution in [1.29, 1.82) is 5.26 Å². The number of aryl methyl sites for hydroxylation is 8. The van der Waals surface area contributed by atoms with E-state index in [4.69, 9.17) is 0 Å². The van der Waals surface area contributed by atoms with Crippen molar-refractivity contribution in [2.45, 2.75) is 111 Å². The molecule has 312 valence electrons. The average molecular weight is 824 g/mol. The van der Waals surface area contributed by atoms with Gasteiger partial charge in [0.05, 0.1) is 44.6 Å². The Morgan fingerprint density at radius 1 is 0.361 bits per heavy atom. The smallest absolute Gasteiger partial charge is 0.200 e. The molecule has 6 aromatic carbocycles. The summed E-state index contributed by atoms with van der Waals surface area (Å²) in [4.78, 5) is 0. The maximum absolute atomic E-state index is 16.1. The predicted octanol–water partition coefficient (Wildman–Crippen LogP) is 15.0. The summed E-state index contributed by atoms with van der Waals surface area (Å²) in [6.07, 6.45) is 0. The van der Waals surface area contributed by atoms with Crippen LogP contribution in [0, 0.1) is 151 Å². The molecule has 0 saturated carbocycles. The molecular weight excluding hydrogens is 774 g/mol. The van der Waals surface area contributed by atoms with Crippen LogP contribution in [0.25, 0.3) is 66.1 Å². The minimum Gasteiger partial charge on any atom is -0.306 e. The molecule has 8 heteroatoms. The highest BCUT2D eigenvalue weighted by molar-refractivity contribution is 6.18. The summed E-state index contributed by atoms with van der Waals surface area (Å²) in [6, 6.07) is 5.17. The Kier molecular flexibility index (Phi) is 9.44. The van der Waals surface area contributed by atoms with Crippen LogP contribution in [0.5, 0.6) is 0 Å². The van der Waals surface area contributed by atoms with Crippen molar-refractivity contribution in [3.05, 3.63) is 136 Å². The van der Waals surface area contributed by atoms with E-state index >= 15 is 17.6 Å². The van der Waals surface area contributed by atoms with Crippen LogP contribution in [0.1, 0.15) is 94.6 Å². The monoisotopic (exact) mass is 823 g/mol. The van der Waals surface area contributed by atoms with Crippen molar-refractivity contribution in [1.82, 2.24) is 9.13 Å². The van der Waals surface area contributed by atoms with E-state index in [0.717, 1.165) is 133 Å². The van der Waals surface area contributed by atoms with Gasteiger partial charge in [-0.15, -0.1) is 0 Å². The first-order valence-electron chi connectivity index (χ1n) is 20.7. The highest BCUT2D eigenvalue weighted by Crippen LogP contribution is 2.49. The van der Waals surface area contributed by atoms with Crippen LogP contribution >= 0.6 is 0 Å². The number of nitrogens with zero attached hydrogens (tertiary/aromatic N) is 3. The van der Waals surface area contributed by atoms with E-state index in [9.17, 15) is 9.65 Å². The molecule has 0 atom stereocenters. The van der Waals surface area contributed by atoms with Crippen molar-refractivity contribution in [3.63, 3.8) is 0 Å². The fourth-order valence-corrected chi connectivity index (χ4v) is 10.3. The second-order valence-corrected chi connectivity index (χ2v) is 17.5. The Bertz CT molecular complexity index is 3240. The molecule has 0 aliphatic carbocycles. The number of aromatic nitrogens is 2. The highest BCUT2D eigenvalue weighted by Gasteiger charge is 2.33. The first-order valence-corrected chi connectivity index (χ1v) is 20.7. The van der Waals surface area contributed by atoms with E-state index < -0.39 is 34.6 Å². The zero-order valence-electron chi connectivity index (χ0n) is 37.9. The first-order chi connectivity index (χ1) is 28.5. The van der Waals surface area contributed by atoms with Gasteiger partial charge in [-0.3, -0.25) is 0 Å². The number of nitriles is 1. The van der Waals surface area contributed by atoms with Crippen LogP contribution in [0.3, 0.4) is 0 Å². The Labute approximate surface area is 354 Å². The molecule has 8 aromatic rings. The van der Waals surface area contributed by atoms with Gasteiger partial charge < -0.3 is 9.13 Å². The number of benzene rings is 6. The van der Waals surface area contributed by atoms with Crippen molar-refractivity contribution >= 4 is 43.6 Å². The molecule has 0 spiro atoms. The van der Waals surface area contributed by atoms with Gasteiger partial charge >= 0.3 is 0 Å². The molecule has 0 unspecified atom stereocenters. The zero-order chi connectivity index (χ0) is 44.9. The highest BCUT2D eigenvalue weighted by atomic mass is 19.2. The summed E-state index contributed by atoms with van der Waals surface area (Å²) in [6.45, 7) is 33.5. The summed E-state index contributed by atoms with van der Waals surface area (Å²) in [5.74, 6) is -10.3. The van der Waals surface area contributed by atoms with E-state index in [0.29, 0.717) is 11.4 Å². The minimum absolute atomic E-state index is 0.00669. The van der Waals surface area contributed by atoms with Crippen LogP contribution in [0.2, 0.25) is 0 Å². The fourth-order valence-electron chi connectivity index (χ4n) is 10.3. The van der Waals surface area contributed by atoms with Gasteiger partial charge in [-0.1, -0.05) is 0 Å². The maximum Gasteiger partial charge on any atom is 0.200 e. The van der Waals surface area contributed by atoms with E-state index in [1.165, 1.54) is 12.1 Å². The number of halogens is 5. The molecule has 0 aliphatic heterocycles. The summed E-state index contributed by atoms with van der Waals surface area (Å²) in [5.41, 5.74) is 20.0. The Morgan fingerprint density at radius 2 is 0.639 bits per heavy atom. The molecule has 0 radical (unpaired) electrons. The molecule has 0 N–H and O–H groups in total. The molecule has 0 fully saturated rings. The van der Waals surface area contributed by atoms with Gasteiger partial charge in [0, 0.05) is 21.5 Å². The molecular formula is C53H50F5N3. The third-order valence-electron chi connectivity index (χ3n) is 15.2. The number of hydrogen-bond acceptors (Lipinski definition) is 1. The summed E-state index contributed by atoms with van der Waals surface area (Å²) >= 11 is 0. The summed E-state index contributed by atoms with van der Waals surface area (Å²) < 4.78 is 81.3.